The summed E-state index contributed by atoms with van der Waals surface area (Å²) in [5.74, 6) is -1.15. The Morgan fingerprint density at radius 1 is 1.60 bits per heavy atom. The highest BCUT2D eigenvalue weighted by Gasteiger charge is 2.56. The molecule has 0 unspecified atom stereocenters. The summed E-state index contributed by atoms with van der Waals surface area (Å²) in [5.41, 5.74) is 0.0152. The van der Waals surface area contributed by atoms with Crippen LogP contribution >= 0.6 is 11.6 Å². The molecule has 0 radical (unpaired) electrons. The van der Waals surface area contributed by atoms with Crippen molar-refractivity contribution in [1.82, 2.24) is 4.90 Å². The standard InChI is InChI=1S/C14H15ClFNO3/c15-12-3-11(16)2-1-9(12)4-17-5-10-6-20-8-14(10,7-17)13(18)19/h1-3,10H,4-8H2,(H,18,19)/t10-,14-/m1/s1. The number of hydrogen-bond acceptors (Lipinski definition) is 3. The van der Waals surface area contributed by atoms with E-state index in [0.29, 0.717) is 31.3 Å². The van der Waals surface area contributed by atoms with Crippen molar-refractivity contribution in [2.75, 3.05) is 26.3 Å². The average molecular weight is 300 g/mol. The van der Waals surface area contributed by atoms with Gasteiger partial charge >= 0.3 is 5.97 Å². The molecule has 1 N–H and O–H groups in total. The molecule has 2 aliphatic heterocycles. The van der Waals surface area contributed by atoms with Gasteiger partial charge < -0.3 is 9.84 Å². The fraction of sp³-hybridized carbons (Fsp3) is 0.500. The lowest BCUT2D eigenvalue weighted by molar-refractivity contribution is -0.149. The SMILES string of the molecule is O=C(O)[C@]12COC[C@H]1CN(Cc1ccc(F)cc1Cl)C2. The number of ether oxygens (including phenoxy) is 1. The van der Waals surface area contributed by atoms with Gasteiger partial charge in [0.1, 0.15) is 11.2 Å². The summed E-state index contributed by atoms with van der Waals surface area (Å²) < 4.78 is 18.4. The van der Waals surface area contributed by atoms with Crippen LogP contribution in [0.15, 0.2) is 18.2 Å². The van der Waals surface area contributed by atoms with Crippen LogP contribution in [-0.4, -0.2) is 42.3 Å². The van der Waals surface area contributed by atoms with Crippen molar-refractivity contribution in [2.24, 2.45) is 11.3 Å². The number of rotatable bonds is 3. The number of hydrogen-bond donors (Lipinski definition) is 1. The second-order valence-corrected chi connectivity index (χ2v) is 5.99. The van der Waals surface area contributed by atoms with Crippen molar-refractivity contribution >= 4 is 17.6 Å². The van der Waals surface area contributed by atoms with Gasteiger partial charge in [0.15, 0.2) is 0 Å². The number of carboxylic acids is 1. The van der Waals surface area contributed by atoms with Crippen molar-refractivity contribution in [3.05, 3.63) is 34.6 Å². The maximum Gasteiger partial charge on any atom is 0.313 e. The summed E-state index contributed by atoms with van der Waals surface area (Å²) >= 11 is 6.02. The zero-order valence-electron chi connectivity index (χ0n) is 10.8. The van der Waals surface area contributed by atoms with E-state index in [4.69, 9.17) is 16.3 Å². The maximum atomic E-state index is 13.0. The largest absolute Gasteiger partial charge is 0.481 e. The van der Waals surface area contributed by atoms with Crippen molar-refractivity contribution in [3.8, 4) is 0 Å². The van der Waals surface area contributed by atoms with Gasteiger partial charge in [-0.15, -0.1) is 0 Å². The number of carbonyl (C=O) groups is 1. The first-order valence-electron chi connectivity index (χ1n) is 6.49. The third-order valence-electron chi connectivity index (χ3n) is 4.28. The number of benzene rings is 1. The van der Waals surface area contributed by atoms with Gasteiger partial charge in [0.2, 0.25) is 0 Å². The quantitative estimate of drug-likeness (QED) is 0.927. The number of halogens is 2. The molecule has 2 aliphatic rings. The molecule has 0 aromatic heterocycles. The molecule has 0 saturated carbocycles. The van der Waals surface area contributed by atoms with E-state index >= 15 is 0 Å². The molecular weight excluding hydrogens is 285 g/mol. The Labute approximate surface area is 121 Å². The van der Waals surface area contributed by atoms with E-state index in [1.54, 1.807) is 6.07 Å². The highest BCUT2D eigenvalue weighted by Crippen LogP contribution is 2.42. The molecule has 0 spiro atoms. The molecule has 2 atom stereocenters. The number of fused-ring (bicyclic) bond motifs is 1. The molecule has 20 heavy (non-hydrogen) atoms. The summed E-state index contributed by atoms with van der Waals surface area (Å²) in [6.45, 7) is 2.39. The first-order valence-corrected chi connectivity index (χ1v) is 6.86. The van der Waals surface area contributed by atoms with E-state index in [0.717, 1.165) is 5.56 Å². The van der Waals surface area contributed by atoms with Gasteiger partial charge in [-0.25, -0.2) is 4.39 Å². The van der Waals surface area contributed by atoms with E-state index in [-0.39, 0.29) is 18.3 Å². The molecule has 4 nitrogen and oxygen atoms in total. The molecule has 3 rings (SSSR count). The Kier molecular flexibility index (Phi) is 3.44. The molecule has 0 bridgehead atoms. The first-order chi connectivity index (χ1) is 9.51. The normalized spacial score (nSPS) is 29.6. The summed E-state index contributed by atoms with van der Waals surface area (Å²) in [7, 11) is 0. The van der Waals surface area contributed by atoms with Gasteiger partial charge in [0.05, 0.1) is 13.2 Å². The van der Waals surface area contributed by atoms with E-state index in [1.807, 2.05) is 0 Å². The monoisotopic (exact) mass is 299 g/mol. The van der Waals surface area contributed by atoms with Gasteiger partial charge in [-0.3, -0.25) is 9.69 Å². The Hall–Kier alpha value is -1.17. The van der Waals surface area contributed by atoms with Crippen LogP contribution in [0.3, 0.4) is 0 Å². The van der Waals surface area contributed by atoms with Crippen molar-refractivity contribution in [2.45, 2.75) is 6.54 Å². The van der Waals surface area contributed by atoms with E-state index in [2.05, 4.69) is 4.90 Å². The van der Waals surface area contributed by atoms with Crippen LogP contribution in [0.1, 0.15) is 5.56 Å². The van der Waals surface area contributed by atoms with Crippen LogP contribution in [-0.2, 0) is 16.1 Å². The van der Waals surface area contributed by atoms with Crippen LogP contribution in [0.2, 0.25) is 5.02 Å². The maximum absolute atomic E-state index is 13.0. The second-order valence-electron chi connectivity index (χ2n) is 5.58. The third kappa shape index (κ3) is 2.20. The molecule has 2 saturated heterocycles. The van der Waals surface area contributed by atoms with Gasteiger partial charge in [-0.1, -0.05) is 17.7 Å². The van der Waals surface area contributed by atoms with Crippen molar-refractivity contribution < 1.29 is 19.0 Å². The molecule has 0 aliphatic carbocycles. The van der Waals surface area contributed by atoms with Gasteiger partial charge in [0.25, 0.3) is 0 Å². The van der Waals surface area contributed by atoms with Gasteiger partial charge in [-0.05, 0) is 17.7 Å². The first kappa shape index (κ1) is 13.8. The van der Waals surface area contributed by atoms with Crippen LogP contribution < -0.4 is 0 Å². The molecule has 1 aromatic rings. The lowest BCUT2D eigenvalue weighted by Crippen LogP contribution is -2.38. The Bertz CT molecular complexity index is 553. The third-order valence-corrected chi connectivity index (χ3v) is 4.63. The molecule has 6 heteroatoms. The van der Waals surface area contributed by atoms with Gasteiger partial charge in [-0.2, -0.15) is 0 Å². The minimum absolute atomic E-state index is 0.0132. The Morgan fingerprint density at radius 3 is 3.05 bits per heavy atom. The molecule has 0 amide bonds. The van der Waals surface area contributed by atoms with Gasteiger partial charge in [0, 0.05) is 30.6 Å². The highest BCUT2D eigenvalue weighted by molar-refractivity contribution is 6.31. The Balaban J connectivity index is 1.76. The van der Waals surface area contributed by atoms with E-state index in [9.17, 15) is 14.3 Å². The number of aliphatic carboxylic acids is 1. The highest BCUT2D eigenvalue weighted by atomic mass is 35.5. The van der Waals surface area contributed by atoms with Crippen LogP contribution in [0.5, 0.6) is 0 Å². The van der Waals surface area contributed by atoms with Crippen molar-refractivity contribution in [3.63, 3.8) is 0 Å². The molecular formula is C14H15ClFNO3. The fourth-order valence-corrected chi connectivity index (χ4v) is 3.38. The average Bonchev–Trinajstić information content (AvgIpc) is 2.90. The topological polar surface area (TPSA) is 49.8 Å². The minimum atomic E-state index is -0.799. The smallest absolute Gasteiger partial charge is 0.313 e. The molecule has 108 valence electrons. The Morgan fingerprint density at radius 2 is 2.40 bits per heavy atom. The summed E-state index contributed by atoms with van der Waals surface area (Å²) in [5, 5.41) is 9.84. The van der Waals surface area contributed by atoms with E-state index < -0.39 is 11.4 Å². The second kappa shape index (κ2) is 4.98. The lowest BCUT2D eigenvalue weighted by atomic mass is 9.81. The van der Waals surface area contributed by atoms with Crippen LogP contribution in [0, 0.1) is 17.2 Å². The van der Waals surface area contributed by atoms with Crippen molar-refractivity contribution in [1.29, 1.82) is 0 Å². The molecule has 2 fully saturated rings. The summed E-state index contributed by atoms with van der Waals surface area (Å²) in [6, 6.07) is 4.30. The van der Waals surface area contributed by atoms with Crippen LogP contribution in [0.25, 0.3) is 0 Å². The molecule has 1 aromatic carbocycles. The predicted octanol–water partition coefficient (Wildman–Crippen LogP) is 2.01. The number of likely N-dealkylation sites (tertiary alicyclic amines) is 1. The fourth-order valence-electron chi connectivity index (χ4n) is 3.15. The minimum Gasteiger partial charge on any atom is -0.481 e. The summed E-state index contributed by atoms with van der Waals surface area (Å²) in [4.78, 5) is 13.6. The number of nitrogens with zero attached hydrogens (tertiary/aromatic N) is 1. The zero-order valence-corrected chi connectivity index (χ0v) is 11.6. The zero-order chi connectivity index (χ0) is 14.3. The van der Waals surface area contributed by atoms with Crippen LogP contribution in [0.4, 0.5) is 4.39 Å². The lowest BCUT2D eigenvalue weighted by Gasteiger charge is -2.22. The van der Waals surface area contributed by atoms with E-state index in [1.165, 1.54) is 12.1 Å². The predicted molar refractivity (Wildman–Crippen MR) is 71.1 cm³/mol. The number of carboxylic acid groups (broad SMARTS) is 1. The summed E-state index contributed by atoms with van der Waals surface area (Å²) in [6.07, 6.45) is 0. The molecule has 2 heterocycles.